The lowest BCUT2D eigenvalue weighted by Gasteiger charge is -2.13. The van der Waals surface area contributed by atoms with Crippen molar-refractivity contribution in [3.63, 3.8) is 0 Å². The largest absolute Gasteiger partial charge is 0.469 e. The standard InChI is InChI=1S/C36H59NO16/c1-41-34(38)6-8-42-10-12-44-14-16-46-18-20-48-22-24-50-26-28-52-30-31-53-29-27-51-25-23-49-21-19-47-17-15-45-13-11-43-9-7-37-35(39)32-4-2-3-5-33(32)36(37)40/h2-5H,6-31H2,1H3. The van der Waals surface area contributed by atoms with Crippen LogP contribution >= 0.6 is 0 Å². The number of hydrogen-bond donors (Lipinski definition) is 0. The molecule has 0 atom stereocenters. The molecule has 304 valence electrons. The number of esters is 1. The highest BCUT2D eigenvalue weighted by atomic mass is 16.6. The topological polar surface area (TPSA) is 174 Å². The van der Waals surface area contributed by atoms with E-state index in [0.717, 1.165) is 0 Å². The van der Waals surface area contributed by atoms with Crippen LogP contribution in [-0.2, 0) is 66.4 Å². The fraction of sp³-hybridized carbons (Fsp3) is 0.750. The number of methoxy groups -OCH3 is 1. The van der Waals surface area contributed by atoms with Gasteiger partial charge >= 0.3 is 5.97 Å². The molecule has 0 spiro atoms. The van der Waals surface area contributed by atoms with Gasteiger partial charge in [-0.05, 0) is 12.1 Å². The van der Waals surface area contributed by atoms with E-state index in [1.54, 1.807) is 24.3 Å². The van der Waals surface area contributed by atoms with Crippen LogP contribution in [0, 0.1) is 0 Å². The Hall–Kier alpha value is -2.65. The summed E-state index contributed by atoms with van der Waals surface area (Å²) in [7, 11) is 1.35. The van der Waals surface area contributed by atoms with Gasteiger partial charge in [-0.2, -0.15) is 0 Å². The molecule has 0 aliphatic carbocycles. The normalized spacial score (nSPS) is 12.6. The van der Waals surface area contributed by atoms with Gasteiger partial charge in [-0.1, -0.05) is 12.1 Å². The first kappa shape index (κ1) is 46.5. The van der Waals surface area contributed by atoms with E-state index >= 15 is 0 Å². The Morgan fingerprint density at radius 1 is 0.415 bits per heavy atom. The van der Waals surface area contributed by atoms with Crippen molar-refractivity contribution in [1.82, 2.24) is 4.90 Å². The molecular weight excluding hydrogens is 702 g/mol. The van der Waals surface area contributed by atoms with Crippen LogP contribution in [0.5, 0.6) is 0 Å². The van der Waals surface area contributed by atoms with Gasteiger partial charge in [0.2, 0.25) is 0 Å². The maximum absolute atomic E-state index is 12.3. The van der Waals surface area contributed by atoms with Gasteiger partial charge in [-0.3, -0.25) is 19.3 Å². The van der Waals surface area contributed by atoms with Gasteiger partial charge in [0.15, 0.2) is 0 Å². The summed E-state index contributed by atoms with van der Waals surface area (Å²) >= 11 is 0. The second-order valence-corrected chi connectivity index (χ2v) is 11.0. The third kappa shape index (κ3) is 24.4. The third-order valence-electron chi connectivity index (χ3n) is 7.11. The molecule has 1 aliphatic heterocycles. The first-order valence-corrected chi connectivity index (χ1v) is 18.1. The summed E-state index contributed by atoms with van der Waals surface area (Å²) in [4.78, 5) is 36.8. The van der Waals surface area contributed by atoms with Gasteiger partial charge in [0.25, 0.3) is 11.8 Å². The lowest BCUT2D eigenvalue weighted by Crippen LogP contribution is -2.33. The van der Waals surface area contributed by atoms with Crippen molar-refractivity contribution < 1.29 is 76.0 Å². The SMILES string of the molecule is COC(=O)CCOCCOCCOCCOCCOCCOCCOCCOCCOCCOCCOCCOCCN1C(=O)c2ccccc2C1=O. The van der Waals surface area contributed by atoms with Crippen molar-refractivity contribution in [2.75, 3.05) is 172 Å². The van der Waals surface area contributed by atoms with E-state index in [9.17, 15) is 14.4 Å². The lowest BCUT2D eigenvalue weighted by molar-refractivity contribution is -0.141. The molecule has 0 saturated carbocycles. The van der Waals surface area contributed by atoms with Crippen LogP contribution in [0.4, 0.5) is 0 Å². The van der Waals surface area contributed by atoms with Crippen LogP contribution in [0.15, 0.2) is 24.3 Å². The maximum atomic E-state index is 12.3. The summed E-state index contributed by atoms with van der Waals surface area (Å²) in [6, 6.07) is 6.81. The van der Waals surface area contributed by atoms with Crippen molar-refractivity contribution in [1.29, 1.82) is 0 Å². The molecule has 1 heterocycles. The number of benzene rings is 1. The van der Waals surface area contributed by atoms with Crippen molar-refractivity contribution >= 4 is 17.8 Å². The third-order valence-corrected chi connectivity index (χ3v) is 7.11. The average molecular weight is 762 g/mol. The molecule has 0 unspecified atom stereocenters. The molecule has 0 fully saturated rings. The smallest absolute Gasteiger partial charge is 0.307 e. The Morgan fingerprint density at radius 2 is 0.660 bits per heavy atom. The van der Waals surface area contributed by atoms with Crippen molar-refractivity contribution in [2.24, 2.45) is 0 Å². The van der Waals surface area contributed by atoms with Crippen LogP contribution < -0.4 is 0 Å². The number of nitrogens with zero attached hydrogens (tertiary/aromatic N) is 1. The number of fused-ring (bicyclic) bond motifs is 1. The van der Waals surface area contributed by atoms with E-state index in [1.165, 1.54) is 12.0 Å². The molecule has 0 N–H and O–H groups in total. The van der Waals surface area contributed by atoms with E-state index in [1.807, 2.05) is 0 Å². The van der Waals surface area contributed by atoms with Gasteiger partial charge in [0.1, 0.15) is 0 Å². The molecular formula is C36H59NO16. The van der Waals surface area contributed by atoms with Crippen LogP contribution in [0.1, 0.15) is 27.1 Å². The molecule has 2 rings (SSSR count). The second kappa shape index (κ2) is 33.9. The Morgan fingerprint density at radius 3 is 0.925 bits per heavy atom. The Bertz CT molecular complexity index is 1030. The van der Waals surface area contributed by atoms with Gasteiger partial charge in [-0.25, -0.2) is 0 Å². The zero-order valence-corrected chi connectivity index (χ0v) is 31.2. The maximum Gasteiger partial charge on any atom is 0.307 e. The summed E-state index contributed by atoms with van der Waals surface area (Å²) in [5, 5.41) is 0. The molecule has 17 heteroatoms. The first-order chi connectivity index (χ1) is 26.1. The second-order valence-electron chi connectivity index (χ2n) is 11.0. The lowest BCUT2D eigenvalue weighted by atomic mass is 10.1. The summed E-state index contributed by atoms with van der Waals surface area (Å²) < 4.78 is 69.8. The zero-order chi connectivity index (χ0) is 37.9. The minimum Gasteiger partial charge on any atom is -0.469 e. The fourth-order valence-electron chi connectivity index (χ4n) is 4.38. The number of amides is 2. The van der Waals surface area contributed by atoms with E-state index < -0.39 is 0 Å². The molecule has 1 aromatic rings. The summed E-state index contributed by atoms with van der Waals surface area (Å²) in [5.74, 6) is -0.856. The monoisotopic (exact) mass is 761 g/mol. The number of hydrogen-bond acceptors (Lipinski definition) is 16. The first-order valence-electron chi connectivity index (χ1n) is 18.1. The summed E-state index contributed by atoms with van der Waals surface area (Å²) in [5.41, 5.74) is 0.876. The molecule has 0 aromatic heterocycles. The number of rotatable bonds is 39. The Labute approximate surface area is 312 Å². The zero-order valence-electron chi connectivity index (χ0n) is 31.2. The van der Waals surface area contributed by atoms with Gasteiger partial charge in [0, 0.05) is 0 Å². The number of ether oxygens (including phenoxy) is 13. The predicted octanol–water partition coefficient (Wildman–Crippen LogP) is 1.04. The quantitative estimate of drug-likeness (QED) is 0.0529. The highest BCUT2D eigenvalue weighted by Crippen LogP contribution is 2.21. The van der Waals surface area contributed by atoms with E-state index in [4.69, 9.17) is 56.8 Å². The molecule has 2 amide bonds. The van der Waals surface area contributed by atoms with E-state index in [2.05, 4.69) is 4.74 Å². The predicted molar refractivity (Wildman–Crippen MR) is 188 cm³/mol. The van der Waals surface area contributed by atoms with Crippen LogP contribution in [0.3, 0.4) is 0 Å². The summed E-state index contributed by atoms with van der Waals surface area (Å²) in [6.45, 7) is 10.8. The van der Waals surface area contributed by atoms with Crippen molar-refractivity contribution in [3.05, 3.63) is 35.4 Å². The van der Waals surface area contributed by atoms with Crippen LogP contribution in [0.25, 0.3) is 0 Å². The number of carbonyl (C=O) groups is 3. The number of carbonyl (C=O) groups excluding carboxylic acids is 3. The molecule has 17 nitrogen and oxygen atoms in total. The van der Waals surface area contributed by atoms with Crippen LogP contribution in [-0.4, -0.2) is 195 Å². The minimum absolute atomic E-state index is 0.209. The van der Waals surface area contributed by atoms with E-state index in [-0.39, 0.29) is 37.4 Å². The van der Waals surface area contributed by atoms with Crippen LogP contribution in [0.2, 0.25) is 0 Å². The minimum atomic E-state index is -0.292. The molecule has 0 bridgehead atoms. The molecule has 53 heavy (non-hydrogen) atoms. The van der Waals surface area contributed by atoms with Crippen molar-refractivity contribution in [2.45, 2.75) is 6.42 Å². The number of imide groups is 1. The van der Waals surface area contributed by atoms with E-state index in [0.29, 0.717) is 163 Å². The van der Waals surface area contributed by atoms with Crippen molar-refractivity contribution in [3.8, 4) is 0 Å². The summed E-state index contributed by atoms with van der Waals surface area (Å²) in [6.07, 6.45) is 0.238. The van der Waals surface area contributed by atoms with Gasteiger partial charge < -0.3 is 61.6 Å². The highest BCUT2D eigenvalue weighted by Gasteiger charge is 2.34. The molecule has 0 saturated heterocycles. The van der Waals surface area contributed by atoms with Gasteiger partial charge in [-0.15, -0.1) is 0 Å². The molecule has 1 aromatic carbocycles. The molecule has 1 aliphatic rings. The molecule has 0 radical (unpaired) electrons. The Balaban J connectivity index is 1.16. The average Bonchev–Trinajstić information content (AvgIpc) is 3.42. The Kier molecular flexibility index (Phi) is 29.7. The highest BCUT2D eigenvalue weighted by molar-refractivity contribution is 6.21. The van der Waals surface area contributed by atoms with Gasteiger partial charge in [0.05, 0.1) is 190 Å². The fourth-order valence-corrected chi connectivity index (χ4v) is 4.38.